The van der Waals surface area contributed by atoms with Gasteiger partial charge < -0.3 is 10.5 Å². The monoisotopic (exact) mass is 245 g/mol. The van der Waals surface area contributed by atoms with Gasteiger partial charge in [0.05, 0.1) is 7.11 Å². The number of aromatic nitrogens is 4. The minimum Gasteiger partial charge on any atom is -0.481 e. The molecule has 0 aliphatic heterocycles. The lowest BCUT2D eigenvalue weighted by Crippen LogP contribution is -2.18. The lowest BCUT2D eigenvalue weighted by atomic mass is 10.2. The van der Waals surface area contributed by atoms with Gasteiger partial charge in [0.25, 0.3) is 0 Å². The molecule has 2 rings (SSSR count). The van der Waals surface area contributed by atoms with E-state index in [4.69, 9.17) is 10.5 Å². The largest absolute Gasteiger partial charge is 0.481 e. The Morgan fingerprint density at radius 3 is 2.89 bits per heavy atom. The van der Waals surface area contributed by atoms with Crippen LogP contribution in [0.1, 0.15) is 12.6 Å². The summed E-state index contributed by atoms with van der Waals surface area (Å²) in [5.41, 5.74) is 7.28. The highest BCUT2D eigenvalue weighted by Gasteiger charge is 2.07. The van der Waals surface area contributed by atoms with Crippen molar-refractivity contribution >= 4 is 0 Å². The first kappa shape index (κ1) is 12.4. The van der Waals surface area contributed by atoms with E-state index in [0.29, 0.717) is 23.8 Å². The maximum atomic E-state index is 5.75. The third kappa shape index (κ3) is 2.98. The molecule has 0 spiro atoms. The van der Waals surface area contributed by atoms with Crippen LogP contribution in [-0.4, -0.2) is 33.1 Å². The lowest BCUT2D eigenvalue weighted by Gasteiger charge is -2.06. The number of hydrogen-bond acceptors (Lipinski definition) is 6. The Kier molecular flexibility index (Phi) is 3.78. The van der Waals surface area contributed by atoms with Crippen molar-refractivity contribution in [1.82, 2.24) is 19.9 Å². The molecule has 1 atom stereocenters. The second-order valence-electron chi connectivity index (χ2n) is 4.00. The third-order valence-electron chi connectivity index (χ3n) is 2.32. The summed E-state index contributed by atoms with van der Waals surface area (Å²) < 4.78 is 5.04. The minimum absolute atomic E-state index is 0.0627. The molecule has 18 heavy (non-hydrogen) atoms. The van der Waals surface area contributed by atoms with Gasteiger partial charge in [-0.3, -0.25) is 0 Å². The molecular weight excluding hydrogens is 230 g/mol. The molecule has 0 saturated carbocycles. The highest BCUT2D eigenvalue weighted by Crippen LogP contribution is 2.15. The van der Waals surface area contributed by atoms with Gasteiger partial charge in [0, 0.05) is 30.4 Å². The fourth-order valence-electron chi connectivity index (χ4n) is 1.54. The molecule has 0 bridgehead atoms. The number of ether oxygens (including phenoxy) is 1. The Hall–Kier alpha value is -2.08. The van der Waals surface area contributed by atoms with E-state index >= 15 is 0 Å². The van der Waals surface area contributed by atoms with Gasteiger partial charge >= 0.3 is 0 Å². The van der Waals surface area contributed by atoms with Crippen LogP contribution in [0.5, 0.6) is 5.88 Å². The average molecular weight is 245 g/mol. The van der Waals surface area contributed by atoms with Crippen molar-refractivity contribution in [3.63, 3.8) is 0 Å². The molecule has 2 aromatic rings. The predicted molar refractivity (Wildman–Crippen MR) is 67.0 cm³/mol. The topological polar surface area (TPSA) is 86.8 Å². The molecule has 2 aromatic heterocycles. The maximum absolute atomic E-state index is 5.75. The molecule has 94 valence electrons. The highest BCUT2D eigenvalue weighted by molar-refractivity contribution is 5.49. The first-order valence-corrected chi connectivity index (χ1v) is 5.63. The van der Waals surface area contributed by atoms with Crippen molar-refractivity contribution in [2.75, 3.05) is 7.11 Å². The molecule has 1 unspecified atom stereocenters. The maximum Gasteiger partial charge on any atom is 0.216 e. The molecule has 0 amide bonds. The van der Waals surface area contributed by atoms with E-state index in [1.165, 1.54) is 6.33 Å². The van der Waals surface area contributed by atoms with Gasteiger partial charge in [-0.2, -0.15) is 0 Å². The van der Waals surface area contributed by atoms with Crippen LogP contribution in [0.25, 0.3) is 11.5 Å². The van der Waals surface area contributed by atoms with Gasteiger partial charge in [-0.25, -0.2) is 19.9 Å². The van der Waals surface area contributed by atoms with Gasteiger partial charge in [0.1, 0.15) is 12.0 Å². The van der Waals surface area contributed by atoms with Crippen molar-refractivity contribution < 1.29 is 4.74 Å². The molecule has 0 saturated heterocycles. The molecule has 0 aliphatic rings. The summed E-state index contributed by atoms with van der Waals surface area (Å²) in [7, 11) is 1.56. The van der Waals surface area contributed by atoms with Gasteiger partial charge in [0.2, 0.25) is 5.88 Å². The summed E-state index contributed by atoms with van der Waals surface area (Å²) in [6, 6.07) is 3.61. The Morgan fingerprint density at radius 2 is 2.17 bits per heavy atom. The van der Waals surface area contributed by atoms with Crippen molar-refractivity contribution in [1.29, 1.82) is 0 Å². The molecule has 6 heteroatoms. The zero-order valence-electron chi connectivity index (χ0n) is 10.4. The molecule has 0 aliphatic carbocycles. The summed E-state index contributed by atoms with van der Waals surface area (Å²) in [6.45, 7) is 1.94. The molecule has 6 nitrogen and oxygen atoms in total. The molecule has 2 N–H and O–H groups in total. The second kappa shape index (κ2) is 5.50. The van der Waals surface area contributed by atoms with Gasteiger partial charge in [-0.05, 0) is 13.0 Å². The van der Waals surface area contributed by atoms with Gasteiger partial charge in [-0.1, -0.05) is 0 Å². The first-order valence-electron chi connectivity index (χ1n) is 5.63. The highest BCUT2D eigenvalue weighted by atomic mass is 16.5. The van der Waals surface area contributed by atoms with E-state index in [0.717, 1.165) is 5.69 Å². The standard InChI is InChI=1S/C12H15N5O/c1-8(13)5-9-3-4-14-12(17-9)10-6-11(18-2)16-7-15-10/h3-4,6-8H,5,13H2,1-2H3. The number of hydrogen-bond donors (Lipinski definition) is 1. The second-order valence-corrected chi connectivity index (χ2v) is 4.00. The smallest absolute Gasteiger partial charge is 0.216 e. The van der Waals surface area contributed by atoms with E-state index < -0.39 is 0 Å². The van der Waals surface area contributed by atoms with E-state index in [1.807, 2.05) is 13.0 Å². The van der Waals surface area contributed by atoms with E-state index in [-0.39, 0.29) is 6.04 Å². The van der Waals surface area contributed by atoms with Crippen molar-refractivity contribution in [3.05, 3.63) is 30.4 Å². The zero-order chi connectivity index (χ0) is 13.0. The van der Waals surface area contributed by atoms with Crippen molar-refractivity contribution in [2.24, 2.45) is 5.73 Å². The summed E-state index contributed by atoms with van der Waals surface area (Å²) in [4.78, 5) is 16.7. The minimum atomic E-state index is 0.0627. The zero-order valence-corrected chi connectivity index (χ0v) is 10.4. The van der Waals surface area contributed by atoms with Crippen LogP contribution in [-0.2, 0) is 6.42 Å². The number of methoxy groups -OCH3 is 1. The van der Waals surface area contributed by atoms with E-state index in [1.54, 1.807) is 19.4 Å². The normalized spacial score (nSPS) is 12.2. The quantitative estimate of drug-likeness (QED) is 0.858. The van der Waals surface area contributed by atoms with Crippen molar-refractivity contribution in [3.8, 4) is 17.4 Å². The fraction of sp³-hybridized carbons (Fsp3) is 0.333. The molecule has 0 aromatic carbocycles. The van der Waals surface area contributed by atoms with Crippen LogP contribution in [0.2, 0.25) is 0 Å². The molecule has 0 fully saturated rings. The van der Waals surface area contributed by atoms with Crippen LogP contribution < -0.4 is 10.5 Å². The summed E-state index contributed by atoms with van der Waals surface area (Å²) in [5.74, 6) is 1.04. The Morgan fingerprint density at radius 1 is 1.33 bits per heavy atom. The fourth-order valence-corrected chi connectivity index (χ4v) is 1.54. The van der Waals surface area contributed by atoms with E-state index in [2.05, 4.69) is 19.9 Å². The van der Waals surface area contributed by atoms with Crippen LogP contribution >= 0.6 is 0 Å². The SMILES string of the molecule is COc1cc(-c2nccc(CC(C)N)n2)ncn1. The lowest BCUT2D eigenvalue weighted by molar-refractivity contribution is 0.397. The van der Waals surface area contributed by atoms with Crippen LogP contribution in [0.15, 0.2) is 24.7 Å². The molecule has 0 radical (unpaired) electrons. The summed E-state index contributed by atoms with van der Waals surface area (Å²) in [6.07, 6.45) is 3.84. The summed E-state index contributed by atoms with van der Waals surface area (Å²) in [5, 5.41) is 0. The third-order valence-corrected chi connectivity index (χ3v) is 2.32. The molecular formula is C12H15N5O. The number of nitrogens with two attached hydrogens (primary N) is 1. The Balaban J connectivity index is 2.32. The van der Waals surface area contributed by atoms with Crippen molar-refractivity contribution in [2.45, 2.75) is 19.4 Å². The van der Waals surface area contributed by atoms with Crippen LogP contribution in [0, 0.1) is 0 Å². The van der Waals surface area contributed by atoms with E-state index in [9.17, 15) is 0 Å². The Bertz CT molecular complexity index is 529. The first-order chi connectivity index (χ1) is 8.69. The molecule has 2 heterocycles. The van der Waals surface area contributed by atoms with Crippen LogP contribution in [0.4, 0.5) is 0 Å². The predicted octanol–water partition coefficient (Wildman–Crippen LogP) is 0.832. The summed E-state index contributed by atoms with van der Waals surface area (Å²) >= 11 is 0. The number of rotatable bonds is 4. The Labute approximate surface area is 105 Å². The average Bonchev–Trinajstić information content (AvgIpc) is 2.38. The van der Waals surface area contributed by atoms with Crippen LogP contribution in [0.3, 0.4) is 0 Å². The van der Waals surface area contributed by atoms with Gasteiger partial charge in [-0.15, -0.1) is 0 Å². The number of nitrogens with zero attached hydrogens (tertiary/aromatic N) is 4. The van der Waals surface area contributed by atoms with Gasteiger partial charge in [0.15, 0.2) is 5.82 Å².